The summed E-state index contributed by atoms with van der Waals surface area (Å²) < 4.78 is 38.2. The molecule has 0 aliphatic carbocycles. The normalized spacial score (nSPS) is 20.6. The van der Waals surface area contributed by atoms with E-state index in [2.05, 4.69) is 15.5 Å². The number of nitrogens with zero attached hydrogens (tertiary/aromatic N) is 3. The third-order valence-electron chi connectivity index (χ3n) is 4.85. The number of amides is 1. The van der Waals surface area contributed by atoms with Gasteiger partial charge in [0.1, 0.15) is 11.6 Å². The van der Waals surface area contributed by atoms with Crippen molar-refractivity contribution in [2.75, 3.05) is 11.5 Å². The predicted molar refractivity (Wildman–Crippen MR) is 105 cm³/mol. The summed E-state index contributed by atoms with van der Waals surface area (Å²) in [6.07, 6.45) is 0.546. The van der Waals surface area contributed by atoms with E-state index in [1.165, 1.54) is 23.9 Å². The Labute approximate surface area is 168 Å². The van der Waals surface area contributed by atoms with Crippen molar-refractivity contribution in [2.45, 2.75) is 42.6 Å². The summed E-state index contributed by atoms with van der Waals surface area (Å²) in [5, 5.41) is 11.3. The zero-order chi connectivity index (χ0) is 20.5. The van der Waals surface area contributed by atoms with Gasteiger partial charge < -0.3 is 9.88 Å². The van der Waals surface area contributed by atoms with Crippen LogP contribution in [-0.4, -0.2) is 45.8 Å². The van der Waals surface area contributed by atoms with E-state index in [0.29, 0.717) is 17.4 Å². The van der Waals surface area contributed by atoms with Crippen molar-refractivity contribution < 1.29 is 17.6 Å². The second-order valence-electron chi connectivity index (χ2n) is 7.04. The van der Waals surface area contributed by atoms with Crippen LogP contribution < -0.4 is 5.32 Å². The highest BCUT2D eigenvalue weighted by Crippen LogP contribution is 2.30. The predicted octanol–water partition coefficient (Wildman–Crippen LogP) is 2.21. The molecular formula is C18H23FN4O3S2. The molecule has 0 spiro atoms. The van der Waals surface area contributed by atoms with Gasteiger partial charge in [0.25, 0.3) is 0 Å². The lowest BCUT2D eigenvalue weighted by molar-refractivity contribution is -0.120. The van der Waals surface area contributed by atoms with E-state index in [9.17, 15) is 17.6 Å². The number of hydrogen-bond acceptors (Lipinski definition) is 6. The monoisotopic (exact) mass is 426 g/mol. The first kappa shape index (κ1) is 20.8. The zero-order valence-corrected chi connectivity index (χ0v) is 17.6. The van der Waals surface area contributed by atoms with Gasteiger partial charge in [-0.1, -0.05) is 23.9 Å². The molecule has 1 amide bonds. The second-order valence-corrected chi connectivity index (χ2v) is 10.6. The molecule has 1 N–H and O–H groups in total. The maximum absolute atomic E-state index is 13.0. The lowest BCUT2D eigenvalue weighted by atomic mass is 10.1. The fraction of sp³-hybridized carbons (Fsp3) is 0.500. The number of rotatable bonds is 6. The van der Waals surface area contributed by atoms with Crippen LogP contribution in [0, 0.1) is 5.82 Å². The van der Waals surface area contributed by atoms with Gasteiger partial charge in [0, 0.05) is 13.0 Å². The van der Waals surface area contributed by atoms with Gasteiger partial charge >= 0.3 is 0 Å². The summed E-state index contributed by atoms with van der Waals surface area (Å²) in [6.45, 7) is 3.61. The van der Waals surface area contributed by atoms with Crippen LogP contribution >= 0.6 is 11.8 Å². The molecule has 1 aliphatic rings. The SMILES string of the molecule is CC(Sc1nnc(C2CCS(=O)(=O)C2)n1C)C(=O)NC(C)c1ccc(F)cc1. The van der Waals surface area contributed by atoms with Gasteiger partial charge in [-0.05, 0) is 38.0 Å². The van der Waals surface area contributed by atoms with Gasteiger partial charge in [-0.3, -0.25) is 4.79 Å². The topological polar surface area (TPSA) is 93.9 Å². The Bertz CT molecular complexity index is 960. The average molecular weight is 427 g/mol. The van der Waals surface area contributed by atoms with Gasteiger partial charge in [0.15, 0.2) is 15.0 Å². The van der Waals surface area contributed by atoms with Gasteiger partial charge in [0.2, 0.25) is 5.91 Å². The Balaban J connectivity index is 1.62. The molecule has 28 heavy (non-hydrogen) atoms. The minimum atomic E-state index is -3.01. The van der Waals surface area contributed by atoms with Crippen molar-refractivity contribution in [3.05, 3.63) is 41.5 Å². The fourth-order valence-corrected chi connectivity index (χ4v) is 5.73. The zero-order valence-electron chi connectivity index (χ0n) is 15.9. The molecule has 1 fully saturated rings. The first-order chi connectivity index (χ1) is 13.2. The van der Waals surface area contributed by atoms with E-state index in [4.69, 9.17) is 0 Å². The molecule has 1 aliphatic heterocycles. The number of benzene rings is 1. The van der Waals surface area contributed by atoms with Crippen molar-refractivity contribution >= 4 is 27.5 Å². The molecule has 3 atom stereocenters. The first-order valence-corrected chi connectivity index (χ1v) is 11.7. The van der Waals surface area contributed by atoms with Crippen LogP contribution in [0.25, 0.3) is 0 Å². The smallest absolute Gasteiger partial charge is 0.233 e. The number of carbonyl (C=O) groups excluding carboxylic acids is 1. The maximum Gasteiger partial charge on any atom is 0.233 e. The highest BCUT2D eigenvalue weighted by atomic mass is 32.2. The van der Waals surface area contributed by atoms with Gasteiger partial charge in [-0.2, -0.15) is 0 Å². The molecule has 0 bridgehead atoms. The van der Waals surface area contributed by atoms with Crippen LogP contribution in [0.1, 0.15) is 43.6 Å². The average Bonchev–Trinajstić information content (AvgIpc) is 3.17. The van der Waals surface area contributed by atoms with Crippen molar-refractivity contribution in [3.63, 3.8) is 0 Å². The number of nitrogens with one attached hydrogen (secondary N) is 1. The minimum Gasteiger partial charge on any atom is -0.349 e. The van der Waals surface area contributed by atoms with Crippen molar-refractivity contribution in [1.29, 1.82) is 0 Å². The molecule has 0 radical (unpaired) electrons. The summed E-state index contributed by atoms with van der Waals surface area (Å²) in [7, 11) is -1.22. The third kappa shape index (κ3) is 4.72. The summed E-state index contributed by atoms with van der Waals surface area (Å²) in [4.78, 5) is 12.5. The van der Waals surface area contributed by atoms with Crippen LogP contribution in [0.2, 0.25) is 0 Å². The summed E-state index contributed by atoms with van der Waals surface area (Å²) in [5.41, 5.74) is 0.815. The Morgan fingerprint density at radius 3 is 2.57 bits per heavy atom. The van der Waals surface area contributed by atoms with Crippen LogP contribution in [0.5, 0.6) is 0 Å². The van der Waals surface area contributed by atoms with Crippen molar-refractivity contribution in [1.82, 2.24) is 20.1 Å². The number of halogens is 1. The Kier molecular flexibility index (Phi) is 6.09. The van der Waals surface area contributed by atoms with E-state index in [1.54, 1.807) is 30.7 Å². The Morgan fingerprint density at radius 1 is 1.29 bits per heavy atom. The molecule has 3 rings (SSSR count). The molecule has 2 heterocycles. The molecule has 2 aromatic rings. The minimum absolute atomic E-state index is 0.0921. The van der Waals surface area contributed by atoms with Crippen LogP contribution in [0.15, 0.2) is 29.4 Å². The quantitative estimate of drug-likeness (QED) is 0.712. The van der Waals surface area contributed by atoms with E-state index in [-0.39, 0.29) is 35.2 Å². The number of aromatic nitrogens is 3. The lowest BCUT2D eigenvalue weighted by Gasteiger charge is -2.17. The van der Waals surface area contributed by atoms with Gasteiger partial charge in [-0.15, -0.1) is 10.2 Å². The van der Waals surface area contributed by atoms with Gasteiger partial charge in [-0.25, -0.2) is 12.8 Å². The van der Waals surface area contributed by atoms with Gasteiger partial charge in [0.05, 0.1) is 22.8 Å². The molecular weight excluding hydrogens is 403 g/mol. The molecule has 152 valence electrons. The number of hydrogen-bond donors (Lipinski definition) is 1. The first-order valence-electron chi connectivity index (χ1n) is 8.98. The second kappa shape index (κ2) is 8.20. The van der Waals surface area contributed by atoms with Crippen LogP contribution in [0.3, 0.4) is 0 Å². The van der Waals surface area contributed by atoms with Crippen molar-refractivity contribution in [2.24, 2.45) is 7.05 Å². The van der Waals surface area contributed by atoms with Crippen LogP contribution in [-0.2, 0) is 21.7 Å². The number of carbonyl (C=O) groups is 1. The summed E-state index contributed by atoms with van der Waals surface area (Å²) in [5.74, 6) is 0.256. The lowest BCUT2D eigenvalue weighted by Crippen LogP contribution is -2.33. The van der Waals surface area contributed by atoms with E-state index >= 15 is 0 Å². The fourth-order valence-electron chi connectivity index (χ4n) is 3.16. The van der Waals surface area contributed by atoms with E-state index in [1.807, 2.05) is 6.92 Å². The highest BCUT2D eigenvalue weighted by molar-refractivity contribution is 8.00. The summed E-state index contributed by atoms with van der Waals surface area (Å²) >= 11 is 1.27. The van der Waals surface area contributed by atoms with Crippen LogP contribution in [0.4, 0.5) is 4.39 Å². The van der Waals surface area contributed by atoms with Crippen molar-refractivity contribution in [3.8, 4) is 0 Å². The maximum atomic E-state index is 13.0. The molecule has 7 nitrogen and oxygen atoms in total. The Morgan fingerprint density at radius 2 is 1.96 bits per heavy atom. The third-order valence-corrected chi connectivity index (χ3v) is 7.75. The molecule has 10 heteroatoms. The van der Waals surface area contributed by atoms with E-state index < -0.39 is 15.1 Å². The molecule has 1 saturated heterocycles. The van der Waals surface area contributed by atoms with E-state index in [0.717, 1.165) is 5.56 Å². The number of sulfone groups is 1. The number of thioether (sulfide) groups is 1. The molecule has 3 unspecified atom stereocenters. The highest BCUT2D eigenvalue weighted by Gasteiger charge is 2.33. The Hall–Kier alpha value is -1.94. The molecule has 0 saturated carbocycles. The molecule has 1 aromatic heterocycles. The molecule has 1 aromatic carbocycles. The largest absolute Gasteiger partial charge is 0.349 e. The summed E-state index contributed by atoms with van der Waals surface area (Å²) in [6, 6.07) is 5.75. The standard InChI is InChI=1S/C18H23FN4O3S2/c1-11(13-4-6-15(19)7-5-13)20-17(24)12(2)27-18-22-21-16(23(18)3)14-8-9-28(25,26)10-14/h4-7,11-12,14H,8-10H2,1-3H3,(H,20,24).